The van der Waals surface area contributed by atoms with Gasteiger partial charge in [-0.2, -0.15) is 0 Å². The first-order valence-electron chi connectivity index (χ1n) is 11.7. The summed E-state index contributed by atoms with van der Waals surface area (Å²) in [4.78, 5) is 12.8. The van der Waals surface area contributed by atoms with Crippen LogP contribution in [0.1, 0.15) is 55.2 Å². The van der Waals surface area contributed by atoms with Crippen LogP contribution >= 0.6 is 11.6 Å². The predicted molar refractivity (Wildman–Crippen MR) is 132 cm³/mol. The molecule has 2 aliphatic rings. The molecular formula is C27H34Cl2N2O2. The summed E-state index contributed by atoms with van der Waals surface area (Å²) in [6, 6.07) is 12.7. The summed E-state index contributed by atoms with van der Waals surface area (Å²) in [5.74, 6) is 0.653. The normalized spacial score (nSPS) is 16.5. The Balaban J connectivity index is 0.00000306. The number of amides is 1. The smallest absolute Gasteiger partial charge is 0.255 e. The Labute approximate surface area is 209 Å². The largest absolute Gasteiger partial charge is 1.00 e. The van der Waals surface area contributed by atoms with E-state index in [1.54, 1.807) is 0 Å². The maximum absolute atomic E-state index is 12.8. The van der Waals surface area contributed by atoms with Crippen LogP contribution in [0, 0.1) is 6.92 Å². The number of benzene rings is 2. The second kappa shape index (κ2) is 10.9. The summed E-state index contributed by atoms with van der Waals surface area (Å²) in [6.07, 6.45) is 9.99. The SMILES string of the molecule is Cc1cc(Cl)cc2c1OCC(C(=O)Nc1ccc(C[N+](C)(C)C3CCCCCC3)cc1)=C2.[Cl-]. The van der Waals surface area contributed by atoms with E-state index >= 15 is 0 Å². The number of nitrogens with one attached hydrogen (secondary N) is 1. The third-order valence-electron chi connectivity index (χ3n) is 6.88. The lowest BCUT2D eigenvalue weighted by Crippen LogP contribution is -3.00. The number of carbonyl (C=O) groups is 1. The Hall–Kier alpha value is -2.01. The molecule has 4 rings (SSSR count). The van der Waals surface area contributed by atoms with Crippen LogP contribution < -0.4 is 22.5 Å². The number of anilines is 1. The number of aryl methyl sites for hydroxylation is 1. The van der Waals surface area contributed by atoms with Gasteiger partial charge in [0.1, 0.15) is 18.9 Å². The molecule has 0 radical (unpaired) electrons. The van der Waals surface area contributed by atoms with Gasteiger partial charge in [-0.1, -0.05) is 36.6 Å². The molecule has 2 aromatic carbocycles. The standard InChI is InChI=1S/C27H33ClN2O2.ClH/c1-19-14-23(28)16-21-15-22(18-32-26(19)21)27(31)29-24-12-10-20(11-13-24)17-30(2,3)25-8-6-4-5-7-9-25;/h10-16,25H,4-9,17-18H2,1-3H3;1H. The van der Waals surface area contributed by atoms with Crippen LogP contribution in [0.3, 0.4) is 0 Å². The van der Waals surface area contributed by atoms with Gasteiger partial charge in [0.2, 0.25) is 0 Å². The summed E-state index contributed by atoms with van der Waals surface area (Å²) < 4.78 is 6.86. The van der Waals surface area contributed by atoms with Crippen LogP contribution in [-0.2, 0) is 11.3 Å². The van der Waals surface area contributed by atoms with Crippen LogP contribution in [-0.4, -0.2) is 37.1 Å². The van der Waals surface area contributed by atoms with E-state index in [-0.39, 0.29) is 24.9 Å². The van der Waals surface area contributed by atoms with Crippen molar-refractivity contribution in [2.24, 2.45) is 0 Å². The van der Waals surface area contributed by atoms with E-state index < -0.39 is 0 Å². The van der Waals surface area contributed by atoms with Crippen molar-refractivity contribution in [1.29, 1.82) is 0 Å². The summed E-state index contributed by atoms with van der Waals surface area (Å²) in [5.41, 5.74) is 4.52. The highest BCUT2D eigenvalue weighted by Crippen LogP contribution is 2.33. The molecule has 1 amide bonds. The maximum Gasteiger partial charge on any atom is 0.255 e. The highest BCUT2D eigenvalue weighted by molar-refractivity contribution is 6.31. The van der Waals surface area contributed by atoms with Gasteiger partial charge < -0.3 is 26.9 Å². The van der Waals surface area contributed by atoms with Crippen LogP contribution in [0.2, 0.25) is 5.02 Å². The van der Waals surface area contributed by atoms with E-state index in [0.717, 1.165) is 39.6 Å². The molecule has 6 heteroatoms. The number of ether oxygens (including phenoxy) is 1. The van der Waals surface area contributed by atoms with Gasteiger partial charge in [-0.15, -0.1) is 0 Å². The number of carbonyl (C=O) groups excluding carboxylic acids is 1. The number of fused-ring (bicyclic) bond motifs is 1. The van der Waals surface area contributed by atoms with Gasteiger partial charge in [-0.25, -0.2) is 0 Å². The number of rotatable bonds is 5. The molecule has 0 spiro atoms. The Morgan fingerprint density at radius 3 is 2.42 bits per heavy atom. The molecule has 0 atom stereocenters. The molecule has 1 aliphatic heterocycles. The Morgan fingerprint density at radius 1 is 1.09 bits per heavy atom. The minimum Gasteiger partial charge on any atom is -1.00 e. The molecule has 0 saturated heterocycles. The highest BCUT2D eigenvalue weighted by atomic mass is 35.5. The van der Waals surface area contributed by atoms with Crippen molar-refractivity contribution in [1.82, 2.24) is 0 Å². The van der Waals surface area contributed by atoms with Crippen molar-refractivity contribution < 1.29 is 26.4 Å². The van der Waals surface area contributed by atoms with Crippen LogP contribution in [0.15, 0.2) is 42.0 Å². The van der Waals surface area contributed by atoms with Crippen molar-refractivity contribution in [2.75, 3.05) is 26.0 Å². The Morgan fingerprint density at radius 2 is 1.76 bits per heavy atom. The molecule has 0 bridgehead atoms. The molecule has 1 fully saturated rings. The summed E-state index contributed by atoms with van der Waals surface area (Å²) in [7, 11) is 4.71. The molecule has 1 aliphatic carbocycles. The average molecular weight is 489 g/mol. The zero-order chi connectivity index (χ0) is 22.7. The molecule has 178 valence electrons. The van der Waals surface area contributed by atoms with Gasteiger partial charge in [0.15, 0.2) is 0 Å². The Bertz CT molecular complexity index is 1010. The molecule has 33 heavy (non-hydrogen) atoms. The first kappa shape index (κ1) is 25.6. The summed E-state index contributed by atoms with van der Waals surface area (Å²) >= 11 is 6.17. The fourth-order valence-corrected chi connectivity index (χ4v) is 5.31. The van der Waals surface area contributed by atoms with E-state index in [2.05, 4.69) is 31.5 Å². The first-order chi connectivity index (χ1) is 15.3. The fourth-order valence-electron chi connectivity index (χ4n) is 5.03. The Kier molecular flexibility index (Phi) is 8.49. The van der Waals surface area contributed by atoms with E-state index in [1.807, 2.05) is 37.3 Å². The molecule has 1 saturated carbocycles. The zero-order valence-electron chi connectivity index (χ0n) is 19.8. The van der Waals surface area contributed by atoms with Gasteiger partial charge >= 0.3 is 0 Å². The lowest BCUT2D eigenvalue weighted by Gasteiger charge is -2.38. The van der Waals surface area contributed by atoms with E-state index in [9.17, 15) is 4.79 Å². The lowest BCUT2D eigenvalue weighted by atomic mass is 10.0. The van der Waals surface area contributed by atoms with Crippen LogP contribution in [0.25, 0.3) is 6.08 Å². The summed E-state index contributed by atoms with van der Waals surface area (Å²) in [6.45, 7) is 3.22. The minimum absolute atomic E-state index is 0. The monoisotopic (exact) mass is 488 g/mol. The van der Waals surface area contributed by atoms with Crippen molar-refractivity contribution in [3.8, 4) is 5.75 Å². The van der Waals surface area contributed by atoms with E-state index in [0.29, 0.717) is 10.6 Å². The third-order valence-corrected chi connectivity index (χ3v) is 7.09. The number of halogens is 2. The van der Waals surface area contributed by atoms with Crippen molar-refractivity contribution in [3.05, 3.63) is 63.7 Å². The minimum atomic E-state index is -0.143. The van der Waals surface area contributed by atoms with Gasteiger partial charge in [0, 0.05) is 21.8 Å². The highest BCUT2D eigenvalue weighted by Gasteiger charge is 2.29. The number of nitrogens with zero attached hydrogens (tertiary/aromatic N) is 1. The van der Waals surface area contributed by atoms with Crippen molar-refractivity contribution in [3.63, 3.8) is 0 Å². The molecular weight excluding hydrogens is 455 g/mol. The lowest BCUT2D eigenvalue weighted by molar-refractivity contribution is -0.928. The molecule has 1 heterocycles. The maximum atomic E-state index is 12.8. The first-order valence-corrected chi connectivity index (χ1v) is 12.1. The zero-order valence-corrected chi connectivity index (χ0v) is 21.3. The predicted octanol–water partition coefficient (Wildman–Crippen LogP) is 3.37. The topological polar surface area (TPSA) is 38.3 Å². The summed E-state index contributed by atoms with van der Waals surface area (Å²) in [5, 5.41) is 3.65. The van der Waals surface area contributed by atoms with Crippen LogP contribution in [0.5, 0.6) is 5.75 Å². The van der Waals surface area contributed by atoms with Crippen molar-refractivity contribution in [2.45, 2.75) is 58.0 Å². The fraction of sp³-hybridized carbons (Fsp3) is 0.444. The average Bonchev–Trinajstić information content (AvgIpc) is 3.05. The number of quaternary nitrogens is 1. The quantitative estimate of drug-likeness (QED) is 0.517. The van der Waals surface area contributed by atoms with Gasteiger partial charge in [-0.3, -0.25) is 4.79 Å². The molecule has 2 aromatic rings. The van der Waals surface area contributed by atoms with Crippen molar-refractivity contribution >= 4 is 29.3 Å². The van der Waals surface area contributed by atoms with Gasteiger partial charge in [-0.05, 0) is 68.5 Å². The van der Waals surface area contributed by atoms with Crippen LogP contribution in [0.4, 0.5) is 5.69 Å². The second-order valence-corrected chi connectivity index (χ2v) is 10.3. The van der Waals surface area contributed by atoms with E-state index in [1.165, 1.54) is 44.1 Å². The van der Waals surface area contributed by atoms with Gasteiger partial charge in [0.05, 0.1) is 25.7 Å². The molecule has 0 aromatic heterocycles. The number of hydrogen-bond acceptors (Lipinski definition) is 2. The van der Waals surface area contributed by atoms with Gasteiger partial charge in [0.25, 0.3) is 5.91 Å². The molecule has 1 N–H and O–H groups in total. The number of hydrogen-bond donors (Lipinski definition) is 1. The second-order valence-electron chi connectivity index (χ2n) is 9.83. The molecule has 0 unspecified atom stereocenters. The van der Waals surface area contributed by atoms with E-state index in [4.69, 9.17) is 16.3 Å². The third kappa shape index (κ3) is 6.32. The molecule has 4 nitrogen and oxygen atoms in total.